The topological polar surface area (TPSA) is 58.7 Å². The summed E-state index contributed by atoms with van der Waals surface area (Å²) < 4.78 is 29.5. The maximum absolute atomic E-state index is 13.6. The summed E-state index contributed by atoms with van der Waals surface area (Å²) >= 11 is 0. The molecule has 1 aliphatic heterocycles. The largest absolute Gasteiger partial charge is 0.368 e. The van der Waals surface area contributed by atoms with Crippen LogP contribution in [0, 0.1) is 18.6 Å². The van der Waals surface area contributed by atoms with Crippen molar-refractivity contribution in [3.8, 4) is 0 Å². The first-order valence-corrected chi connectivity index (χ1v) is 10.4. The van der Waals surface area contributed by atoms with Gasteiger partial charge in [0.25, 0.3) is 0 Å². The van der Waals surface area contributed by atoms with Crippen LogP contribution in [0.3, 0.4) is 0 Å². The highest BCUT2D eigenvalue weighted by Crippen LogP contribution is 2.22. The van der Waals surface area contributed by atoms with Crippen LogP contribution < -0.4 is 15.5 Å². The Kier molecular flexibility index (Phi) is 5.08. The molecule has 1 fully saturated rings. The predicted molar refractivity (Wildman–Crippen MR) is 118 cm³/mol. The first kappa shape index (κ1) is 20.2. The molecule has 2 aromatic carbocycles. The zero-order valence-electron chi connectivity index (χ0n) is 17.6. The van der Waals surface area contributed by atoms with Crippen LogP contribution in [0.25, 0.3) is 5.65 Å². The number of benzene rings is 2. The summed E-state index contributed by atoms with van der Waals surface area (Å²) in [5.41, 5.74) is 2.97. The molecule has 0 bridgehead atoms. The van der Waals surface area contributed by atoms with Gasteiger partial charge >= 0.3 is 5.69 Å². The quantitative estimate of drug-likeness (QED) is 0.493. The number of aryl methyl sites for hydroxylation is 1. The van der Waals surface area contributed by atoms with E-state index in [9.17, 15) is 13.6 Å². The number of hydrogen-bond acceptors (Lipinski definition) is 5. The molecule has 0 aliphatic carbocycles. The molecular weight excluding hydrogens is 414 g/mol. The van der Waals surface area contributed by atoms with Crippen molar-refractivity contribution in [2.45, 2.75) is 13.5 Å². The molecule has 164 valence electrons. The summed E-state index contributed by atoms with van der Waals surface area (Å²) in [6.07, 6.45) is 3.15. The highest BCUT2D eigenvalue weighted by molar-refractivity contribution is 5.64. The van der Waals surface area contributed by atoms with Crippen LogP contribution in [0.15, 0.2) is 59.7 Å². The van der Waals surface area contributed by atoms with Gasteiger partial charge < -0.3 is 9.80 Å². The van der Waals surface area contributed by atoms with E-state index in [1.807, 2.05) is 0 Å². The van der Waals surface area contributed by atoms with Crippen LogP contribution in [-0.2, 0) is 6.54 Å². The fourth-order valence-corrected chi connectivity index (χ4v) is 4.00. The van der Waals surface area contributed by atoms with Gasteiger partial charge in [-0.1, -0.05) is 23.8 Å². The van der Waals surface area contributed by atoms with Gasteiger partial charge in [-0.25, -0.2) is 27.6 Å². The van der Waals surface area contributed by atoms with Gasteiger partial charge in [0.15, 0.2) is 17.5 Å². The number of aromatic nitrogens is 4. The highest BCUT2D eigenvalue weighted by Gasteiger charge is 2.22. The number of piperazine rings is 1. The van der Waals surface area contributed by atoms with Crippen LogP contribution >= 0.6 is 0 Å². The molecule has 32 heavy (non-hydrogen) atoms. The zero-order valence-corrected chi connectivity index (χ0v) is 17.6. The van der Waals surface area contributed by atoms with Gasteiger partial charge in [-0.3, -0.25) is 0 Å². The number of rotatable bonds is 4. The Balaban J connectivity index is 1.39. The first-order valence-electron chi connectivity index (χ1n) is 10.4. The van der Waals surface area contributed by atoms with E-state index in [1.54, 1.807) is 12.4 Å². The van der Waals surface area contributed by atoms with Crippen molar-refractivity contribution < 1.29 is 8.78 Å². The SMILES string of the molecule is Cc1ccc(N2CCN(c3nccn4c(=O)n(Cc5ccc(F)c(F)c5)nc34)CC2)cc1. The lowest BCUT2D eigenvalue weighted by atomic mass is 10.2. The number of halogens is 2. The molecular formula is C23H22F2N6O. The van der Waals surface area contributed by atoms with Gasteiger partial charge in [0.1, 0.15) is 0 Å². The van der Waals surface area contributed by atoms with E-state index in [0.717, 1.165) is 38.3 Å². The van der Waals surface area contributed by atoms with Gasteiger partial charge in [-0.05, 0) is 36.8 Å². The van der Waals surface area contributed by atoms with Crippen LogP contribution in [0.2, 0.25) is 0 Å². The standard InChI is InChI=1S/C23H22F2N6O/c1-16-2-5-18(6-3-16)28-10-12-29(13-11-28)21-22-27-31(23(32)30(22)9-8-26-21)15-17-4-7-19(24)20(25)14-17/h2-9,14H,10-13,15H2,1H3. The maximum atomic E-state index is 13.6. The van der Waals surface area contributed by atoms with Crippen molar-refractivity contribution >= 4 is 17.2 Å². The Morgan fingerprint density at radius 2 is 1.66 bits per heavy atom. The smallest absolute Gasteiger partial charge is 0.350 e. The summed E-state index contributed by atoms with van der Waals surface area (Å²) in [6.45, 7) is 5.24. The molecule has 0 unspecified atom stereocenters. The molecule has 4 aromatic rings. The van der Waals surface area contributed by atoms with Crippen molar-refractivity contribution in [3.05, 3.63) is 88.1 Å². The minimum absolute atomic E-state index is 0.0400. The second-order valence-corrected chi connectivity index (χ2v) is 7.94. The summed E-state index contributed by atoms with van der Waals surface area (Å²) in [7, 11) is 0. The summed E-state index contributed by atoms with van der Waals surface area (Å²) in [5, 5.41) is 4.45. The van der Waals surface area contributed by atoms with E-state index in [1.165, 1.54) is 26.4 Å². The van der Waals surface area contributed by atoms with E-state index in [-0.39, 0.29) is 12.2 Å². The molecule has 0 amide bonds. The van der Waals surface area contributed by atoms with E-state index in [0.29, 0.717) is 17.0 Å². The molecule has 1 aliphatic rings. The second-order valence-electron chi connectivity index (χ2n) is 7.94. The molecule has 0 spiro atoms. The van der Waals surface area contributed by atoms with Crippen molar-refractivity contribution in [1.29, 1.82) is 0 Å². The van der Waals surface area contributed by atoms with E-state index in [4.69, 9.17) is 0 Å². The lowest BCUT2D eigenvalue weighted by molar-refractivity contribution is 0.505. The third-order valence-electron chi connectivity index (χ3n) is 5.78. The first-order chi connectivity index (χ1) is 15.5. The lowest BCUT2D eigenvalue weighted by Crippen LogP contribution is -2.47. The van der Waals surface area contributed by atoms with Crippen LogP contribution in [0.4, 0.5) is 20.3 Å². The van der Waals surface area contributed by atoms with E-state index >= 15 is 0 Å². The zero-order chi connectivity index (χ0) is 22.2. The van der Waals surface area contributed by atoms with E-state index < -0.39 is 11.6 Å². The van der Waals surface area contributed by atoms with Crippen molar-refractivity contribution in [2.24, 2.45) is 0 Å². The van der Waals surface area contributed by atoms with Gasteiger partial charge in [0, 0.05) is 44.3 Å². The normalized spacial score (nSPS) is 14.3. The Morgan fingerprint density at radius 3 is 2.38 bits per heavy atom. The molecule has 9 heteroatoms. The molecule has 0 radical (unpaired) electrons. The van der Waals surface area contributed by atoms with Crippen molar-refractivity contribution in [2.75, 3.05) is 36.0 Å². The molecule has 7 nitrogen and oxygen atoms in total. The number of fused-ring (bicyclic) bond motifs is 1. The summed E-state index contributed by atoms with van der Waals surface area (Å²) in [5.74, 6) is -1.24. The minimum Gasteiger partial charge on any atom is -0.368 e. The summed E-state index contributed by atoms with van der Waals surface area (Å²) in [6, 6.07) is 12.0. The Hall–Kier alpha value is -3.75. The Labute approximate surface area is 183 Å². The fourth-order valence-electron chi connectivity index (χ4n) is 4.00. The maximum Gasteiger partial charge on any atom is 0.350 e. The average Bonchev–Trinajstić information content (AvgIpc) is 3.12. The van der Waals surface area contributed by atoms with Crippen molar-refractivity contribution in [1.82, 2.24) is 19.2 Å². The number of anilines is 2. The van der Waals surface area contributed by atoms with Gasteiger partial charge in [-0.2, -0.15) is 0 Å². The third-order valence-corrected chi connectivity index (χ3v) is 5.78. The van der Waals surface area contributed by atoms with Crippen LogP contribution in [0.1, 0.15) is 11.1 Å². The molecule has 0 saturated carbocycles. The summed E-state index contributed by atoms with van der Waals surface area (Å²) in [4.78, 5) is 21.8. The Morgan fingerprint density at radius 1 is 0.938 bits per heavy atom. The Bertz CT molecular complexity index is 1320. The molecule has 1 saturated heterocycles. The molecule has 0 atom stereocenters. The van der Waals surface area contributed by atoms with Crippen molar-refractivity contribution in [3.63, 3.8) is 0 Å². The van der Waals surface area contributed by atoms with Gasteiger partial charge in [0.05, 0.1) is 6.54 Å². The molecule has 2 aromatic heterocycles. The lowest BCUT2D eigenvalue weighted by Gasteiger charge is -2.36. The fraction of sp³-hybridized carbons (Fsp3) is 0.261. The third kappa shape index (κ3) is 3.70. The number of hydrogen-bond donors (Lipinski definition) is 0. The number of nitrogens with zero attached hydrogens (tertiary/aromatic N) is 6. The van der Waals surface area contributed by atoms with Gasteiger partial charge in [-0.15, -0.1) is 5.10 Å². The monoisotopic (exact) mass is 436 g/mol. The predicted octanol–water partition coefficient (Wildman–Crippen LogP) is 2.85. The highest BCUT2D eigenvalue weighted by atomic mass is 19.2. The minimum atomic E-state index is -0.951. The van der Waals surface area contributed by atoms with Crippen LogP contribution in [-0.4, -0.2) is 45.3 Å². The molecule has 5 rings (SSSR count). The second kappa shape index (κ2) is 8.07. The van der Waals surface area contributed by atoms with Gasteiger partial charge in [0.2, 0.25) is 5.65 Å². The molecule has 3 heterocycles. The van der Waals surface area contributed by atoms with E-state index in [2.05, 4.69) is 51.1 Å². The average molecular weight is 436 g/mol. The van der Waals surface area contributed by atoms with Crippen LogP contribution in [0.5, 0.6) is 0 Å². The molecule has 0 N–H and O–H groups in total.